The monoisotopic (exact) mass is 677 g/mol. The number of fused-ring (bicyclic) bond motifs is 3. The van der Waals surface area contributed by atoms with Gasteiger partial charge in [-0.1, -0.05) is 26.0 Å². The van der Waals surface area contributed by atoms with Crippen molar-refractivity contribution in [1.29, 1.82) is 0 Å². The minimum atomic E-state index is -0.739. The predicted molar refractivity (Wildman–Crippen MR) is 181 cm³/mol. The van der Waals surface area contributed by atoms with Crippen molar-refractivity contribution >= 4 is 23.6 Å². The molecule has 5 rings (SSSR count). The first-order chi connectivity index (χ1) is 23.4. The molecule has 1 amide bonds. The molecule has 12 nitrogen and oxygen atoms in total. The molecule has 0 saturated carbocycles. The van der Waals surface area contributed by atoms with E-state index in [1.807, 2.05) is 38.8 Å². The van der Waals surface area contributed by atoms with Crippen molar-refractivity contribution in [3.8, 4) is 22.6 Å². The third kappa shape index (κ3) is 7.91. The Morgan fingerprint density at radius 1 is 1.06 bits per heavy atom. The van der Waals surface area contributed by atoms with Crippen molar-refractivity contribution in [3.05, 3.63) is 60.0 Å². The van der Waals surface area contributed by atoms with Crippen LogP contribution in [0.4, 0.5) is 0 Å². The van der Waals surface area contributed by atoms with Crippen molar-refractivity contribution in [2.24, 2.45) is 11.8 Å². The van der Waals surface area contributed by atoms with E-state index in [1.165, 1.54) is 7.11 Å². The van der Waals surface area contributed by atoms with E-state index in [4.69, 9.17) is 18.9 Å². The van der Waals surface area contributed by atoms with Crippen LogP contribution in [0.1, 0.15) is 62.4 Å². The summed E-state index contributed by atoms with van der Waals surface area (Å²) in [6.07, 6.45) is 2.38. The number of nitrogens with one attached hydrogen (secondary N) is 1. The molecule has 0 bridgehead atoms. The van der Waals surface area contributed by atoms with Crippen molar-refractivity contribution in [2.45, 2.75) is 77.2 Å². The summed E-state index contributed by atoms with van der Waals surface area (Å²) in [5.41, 5.74) is 2.87. The number of aliphatic hydroxyl groups excluding tert-OH is 1. The average Bonchev–Trinajstić information content (AvgIpc) is 3.66. The van der Waals surface area contributed by atoms with Crippen LogP contribution in [0, 0.1) is 11.8 Å². The minimum absolute atomic E-state index is 0.0762. The van der Waals surface area contributed by atoms with E-state index < -0.39 is 30.1 Å². The number of amides is 1. The summed E-state index contributed by atoms with van der Waals surface area (Å²) in [6.45, 7) is 10.1. The molecule has 0 radical (unpaired) electrons. The maximum absolute atomic E-state index is 13.6. The number of ketones is 1. The highest BCUT2D eigenvalue weighted by atomic mass is 16.5. The fourth-order valence-corrected chi connectivity index (χ4v) is 6.98. The lowest BCUT2D eigenvalue weighted by Crippen LogP contribution is -2.54. The van der Waals surface area contributed by atoms with Crippen LogP contribution in [0.15, 0.2) is 48.9 Å². The average molecular weight is 678 g/mol. The summed E-state index contributed by atoms with van der Waals surface area (Å²) in [5.74, 6) is -0.230. The molecular weight excluding hydrogens is 630 g/mol. The number of carbonyl (C=O) groups is 4. The number of carbonyl (C=O) groups excluding carboxylic acids is 4. The highest BCUT2D eigenvalue weighted by Crippen LogP contribution is 2.40. The van der Waals surface area contributed by atoms with Crippen molar-refractivity contribution in [3.63, 3.8) is 0 Å². The van der Waals surface area contributed by atoms with E-state index in [-0.39, 0.29) is 55.3 Å². The Morgan fingerprint density at radius 3 is 2.53 bits per heavy atom. The van der Waals surface area contributed by atoms with E-state index in [2.05, 4.69) is 11.9 Å². The Balaban J connectivity index is 1.22. The molecule has 3 aliphatic heterocycles. The van der Waals surface area contributed by atoms with Crippen LogP contribution in [0.3, 0.4) is 0 Å². The maximum Gasteiger partial charge on any atom is 0.334 e. The molecule has 0 unspecified atom stereocenters. The zero-order chi connectivity index (χ0) is 35.4. The van der Waals surface area contributed by atoms with E-state index in [9.17, 15) is 24.3 Å². The highest BCUT2D eigenvalue weighted by molar-refractivity contribution is 5.99. The number of nitrogens with zero attached hydrogens (tertiary/aromatic N) is 2. The van der Waals surface area contributed by atoms with Crippen LogP contribution in [-0.4, -0.2) is 96.6 Å². The van der Waals surface area contributed by atoms with Gasteiger partial charge in [0.25, 0.3) is 0 Å². The molecule has 264 valence electrons. The fourth-order valence-electron chi connectivity index (χ4n) is 6.98. The molecule has 2 fully saturated rings. The molecular formula is C37H47N3O9. The molecule has 2 saturated heterocycles. The summed E-state index contributed by atoms with van der Waals surface area (Å²) in [5, 5.41) is 12.2. The predicted octanol–water partition coefficient (Wildman–Crippen LogP) is 3.69. The van der Waals surface area contributed by atoms with Gasteiger partial charge in [0.1, 0.15) is 36.2 Å². The van der Waals surface area contributed by atoms with Crippen LogP contribution in [0.2, 0.25) is 0 Å². The van der Waals surface area contributed by atoms with Gasteiger partial charge in [-0.15, -0.1) is 0 Å². The van der Waals surface area contributed by atoms with Gasteiger partial charge in [-0.25, -0.2) is 4.79 Å². The highest BCUT2D eigenvalue weighted by Gasteiger charge is 2.43. The summed E-state index contributed by atoms with van der Waals surface area (Å²) in [7, 11) is 3.32. The first kappa shape index (κ1) is 35.9. The van der Waals surface area contributed by atoms with Gasteiger partial charge in [0, 0.05) is 36.4 Å². The van der Waals surface area contributed by atoms with Crippen LogP contribution >= 0.6 is 0 Å². The lowest BCUT2D eigenvalue weighted by Gasteiger charge is -2.33. The number of hydrogen-bond acceptors (Lipinski definition) is 11. The van der Waals surface area contributed by atoms with Crippen molar-refractivity contribution in [2.75, 3.05) is 33.9 Å². The van der Waals surface area contributed by atoms with Gasteiger partial charge in [0.2, 0.25) is 5.91 Å². The van der Waals surface area contributed by atoms with Crippen LogP contribution in [0.25, 0.3) is 11.1 Å². The van der Waals surface area contributed by atoms with E-state index in [1.54, 1.807) is 35.2 Å². The lowest BCUT2D eigenvalue weighted by molar-refractivity contribution is -0.149. The number of esters is 2. The largest absolute Gasteiger partial charge is 0.488 e. The third-order valence-electron chi connectivity index (χ3n) is 9.75. The van der Waals surface area contributed by atoms with E-state index >= 15 is 0 Å². The van der Waals surface area contributed by atoms with Gasteiger partial charge in [-0.3, -0.25) is 19.3 Å². The summed E-state index contributed by atoms with van der Waals surface area (Å²) in [6, 6.07) is 8.50. The van der Waals surface area contributed by atoms with E-state index in [0.717, 1.165) is 16.7 Å². The van der Waals surface area contributed by atoms with Crippen LogP contribution < -0.4 is 14.8 Å². The van der Waals surface area contributed by atoms with Gasteiger partial charge in [-0.2, -0.15) is 0 Å². The molecule has 3 heterocycles. The number of ether oxygens (including phenoxy) is 4. The zero-order valence-electron chi connectivity index (χ0n) is 28.9. The zero-order valence-corrected chi connectivity index (χ0v) is 28.9. The second-order valence-corrected chi connectivity index (χ2v) is 13.5. The molecule has 2 aromatic rings. The number of rotatable bonds is 13. The van der Waals surface area contributed by atoms with Gasteiger partial charge < -0.3 is 34.3 Å². The number of Topliss-reactive ketones (excluding diaryl/α,β-unsaturated/α-hetero) is 1. The van der Waals surface area contributed by atoms with Gasteiger partial charge in [0.15, 0.2) is 18.3 Å². The lowest BCUT2D eigenvalue weighted by atomic mass is 9.94. The molecule has 0 aromatic heterocycles. The fraction of sp³-hybridized carbons (Fsp3) is 0.514. The standard InChI is InChI=1S/C37H47N3O9/c1-21(2)34(38-23(4)46-6)35(43)40-22(3)7-12-30(40)37(45)49-27-9-11-29-28-10-8-25(16-26(28)19-47-33(29)17-27)32(42)20-48-36(44)31-15-24(13-14-41)18-39(31)5/h8-11,16-17,21-22,24,30-31,34,38,41H,4,7,12-15,18-20H2,1-3,5-6H3/t22-,24-,30-,31-,34-/m0/s1. The first-order valence-corrected chi connectivity index (χ1v) is 16.9. The van der Waals surface area contributed by atoms with Crippen molar-refractivity contribution in [1.82, 2.24) is 15.1 Å². The topological polar surface area (TPSA) is 144 Å². The molecule has 3 aliphatic rings. The molecule has 0 aliphatic carbocycles. The van der Waals surface area contributed by atoms with Crippen LogP contribution in [0.5, 0.6) is 11.5 Å². The normalized spacial score (nSPS) is 22.1. The smallest absolute Gasteiger partial charge is 0.334 e. The Labute approximate surface area is 287 Å². The number of likely N-dealkylation sites (N-methyl/N-ethyl adjacent to an activating group) is 1. The summed E-state index contributed by atoms with van der Waals surface area (Å²) >= 11 is 0. The molecule has 49 heavy (non-hydrogen) atoms. The number of aliphatic hydroxyl groups is 1. The maximum atomic E-state index is 13.6. The Bertz CT molecular complexity index is 1590. The van der Waals surface area contributed by atoms with Crippen LogP contribution in [-0.2, 0) is 30.5 Å². The molecule has 0 spiro atoms. The summed E-state index contributed by atoms with van der Waals surface area (Å²) < 4.78 is 22.3. The molecule has 2 N–H and O–H groups in total. The number of methoxy groups -OCH3 is 1. The summed E-state index contributed by atoms with van der Waals surface area (Å²) in [4.78, 5) is 56.2. The third-order valence-corrected chi connectivity index (χ3v) is 9.75. The van der Waals surface area contributed by atoms with Crippen molar-refractivity contribution < 1.29 is 43.2 Å². The van der Waals surface area contributed by atoms with E-state index in [0.29, 0.717) is 49.3 Å². The Hall–Kier alpha value is -4.42. The van der Waals surface area contributed by atoms with Gasteiger partial charge in [0.05, 0.1) is 7.11 Å². The second-order valence-electron chi connectivity index (χ2n) is 13.5. The molecule has 5 atom stereocenters. The first-order valence-electron chi connectivity index (χ1n) is 16.9. The van der Waals surface area contributed by atoms with Gasteiger partial charge in [-0.05, 0) is 87.4 Å². The Kier molecular flexibility index (Phi) is 11.3. The number of benzene rings is 2. The Morgan fingerprint density at radius 2 is 1.82 bits per heavy atom. The SMILES string of the molecule is C=C(N[C@H](C(=O)N1[C@@H](C)CC[C@H]1C(=O)Oc1ccc2c(c1)OCc1cc(C(=O)COC(=O)[C@@H]3C[C@H](CCO)CN3C)ccc1-2)C(C)C)OC. The number of likely N-dealkylation sites (tertiary alicyclic amines) is 2. The number of hydrogen-bond donors (Lipinski definition) is 2. The molecule has 2 aromatic carbocycles. The minimum Gasteiger partial charge on any atom is -0.488 e. The quantitative estimate of drug-likeness (QED) is 0.139. The molecule has 12 heteroatoms. The van der Waals surface area contributed by atoms with Gasteiger partial charge >= 0.3 is 11.9 Å². The second kappa shape index (κ2) is 15.4.